The van der Waals surface area contributed by atoms with Crippen LogP contribution in [0.25, 0.3) is 0 Å². The monoisotopic (exact) mass is 274 g/mol. The molecule has 2 rings (SSSR count). The largest absolute Gasteiger partial charge is 0.490 e. The van der Waals surface area contributed by atoms with Gasteiger partial charge in [0.05, 0.1) is 24.2 Å². The SMILES string of the molecule is NS(=O)(=O)c1cc2c(cc1[N+](=O)[O-])OCCCO2. The smallest absolute Gasteiger partial charge is 0.293 e. The lowest BCUT2D eigenvalue weighted by Gasteiger charge is -2.09. The zero-order chi connectivity index (χ0) is 13.3. The Balaban J connectivity index is 2.66. The highest BCUT2D eigenvalue weighted by molar-refractivity contribution is 7.89. The topological polar surface area (TPSA) is 122 Å². The van der Waals surface area contributed by atoms with Gasteiger partial charge in [-0.2, -0.15) is 0 Å². The summed E-state index contributed by atoms with van der Waals surface area (Å²) in [6.07, 6.45) is 0.604. The summed E-state index contributed by atoms with van der Waals surface area (Å²) in [6, 6.07) is 2.04. The normalized spacial score (nSPS) is 14.9. The maximum Gasteiger partial charge on any atom is 0.293 e. The van der Waals surface area contributed by atoms with Crippen LogP contribution in [0.3, 0.4) is 0 Å². The van der Waals surface area contributed by atoms with Crippen LogP contribution in [-0.4, -0.2) is 26.6 Å². The number of nitrogens with two attached hydrogens (primary N) is 1. The second kappa shape index (κ2) is 4.42. The molecule has 0 saturated carbocycles. The van der Waals surface area contributed by atoms with Gasteiger partial charge in [0.2, 0.25) is 10.0 Å². The predicted octanol–water partition coefficient (Wildman–Crippen LogP) is 0.404. The van der Waals surface area contributed by atoms with Crippen molar-refractivity contribution in [1.82, 2.24) is 0 Å². The minimum Gasteiger partial charge on any atom is -0.490 e. The molecule has 0 aromatic heterocycles. The Kier molecular flexibility index (Phi) is 3.09. The van der Waals surface area contributed by atoms with Gasteiger partial charge in [-0.15, -0.1) is 0 Å². The fourth-order valence-electron chi connectivity index (χ4n) is 1.55. The minimum absolute atomic E-state index is 0.141. The number of nitrogens with zero attached hydrogens (tertiary/aromatic N) is 1. The van der Waals surface area contributed by atoms with Crippen LogP contribution in [0.4, 0.5) is 5.69 Å². The van der Waals surface area contributed by atoms with Crippen LogP contribution in [0.1, 0.15) is 6.42 Å². The zero-order valence-corrected chi connectivity index (χ0v) is 9.97. The van der Waals surface area contributed by atoms with Crippen LogP contribution in [0, 0.1) is 10.1 Å². The highest BCUT2D eigenvalue weighted by Gasteiger charge is 2.27. The molecule has 18 heavy (non-hydrogen) atoms. The second-order valence-electron chi connectivity index (χ2n) is 3.62. The van der Waals surface area contributed by atoms with E-state index in [2.05, 4.69) is 0 Å². The molecule has 0 saturated heterocycles. The Hall–Kier alpha value is -1.87. The molecule has 0 radical (unpaired) electrons. The number of benzene rings is 1. The predicted molar refractivity (Wildman–Crippen MR) is 60.1 cm³/mol. The van der Waals surface area contributed by atoms with E-state index in [1.165, 1.54) is 0 Å². The molecule has 0 unspecified atom stereocenters. The van der Waals surface area contributed by atoms with Crippen molar-refractivity contribution in [2.75, 3.05) is 13.2 Å². The molecule has 98 valence electrons. The molecular weight excluding hydrogens is 264 g/mol. The van der Waals surface area contributed by atoms with Crippen LogP contribution in [0.5, 0.6) is 11.5 Å². The lowest BCUT2D eigenvalue weighted by Crippen LogP contribution is -2.14. The van der Waals surface area contributed by atoms with Crippen LogP contribution < -0.4 is 14.6 Å². The molecule has 0 amide bonds. The summed E-state index contributed by atoms with van der Waals surface area (Å²) in [5, 5.41) is 15.8. The Morgan fingerprint density at radius 2 is 1.78 bits per heavy atom. The van der Waals surface area contributed by atoms with E-state index < -0.39 is 25.5 Å². The Labute approximate surface area is 103 Å². The molecule has 8 nitrogen and oxygen atoms in total. The van der Waals surface area contributed by atoms with E-state index in [0.29, 0.717) is 19.6 Å². The van der Waals surface area contributed by atoms with Crippen LogP contribution in [0.2, 0.25) is 0 Å². The average Bonchev–Trinajstić information content (AvgIpc) is 2.50. The van der Waals surface area contributed by atoms with Gasteiger partial charge in [0, 0.05) is 12.5 Å². The molecule has 1 aromatic carbocycles. The summed E-state index contributed by atoms with van der Waals surface area (Å²) in [6.45, 7) is 0.688. The first kappa shape index (κ1) is 12.6. The maximum atomic E-state index is 11.3. The molecule has 0 aliphatic carbocycles. The molecule has 9 heteroatoms. The van der Waals surface area contributed by atoms with E-state index in [4.69, 9.17) is 14.6 Å². The van der Waals surface area contributed by atoms with Crippen molar-refractivity contribution in [2.24, 2.45) is 5.14 Å². The number of nitro benzene ring substituents is 1. The highest BCUT2D eigenvalue weighted by Crippen LogP contribution is 2.37. The van der Waals surface area contributed by atoms with Gasteiger partial charge in [-0.05, 0) is 0 Å². The van der Waals surface area contributed by atoms with Crippen molar-refractivity contribution in [2.45, 2.75) is 11.3 Å². The summed E-state index contributed by atoms with van der Waals surface area (Å²) in [5.74, 6) is 0.286. The molecule has 1 aromatic rings. The van der Waals surface area contributed by atoms with Gasteiger partial charge in [0.15, 0.2) is 16.4 Å². The Morgan fingerprint density at radius 1 is 1.22 bits per heavy atom. The molecule has 0 atom stereocenters. The van der Waals surface area contributed by atoms with E-state index in [1.54, 1.807) is 0 Å². The van der Waals surface area contributed by atoms with Gasteiger partial charge in [0.1, 0.15) is 0 Å². The third kappa shape index (κ3) is 2.36. The molecule has 1 heterocycles. The lowest BCUT2D eigenvalue weighted by atomic mass is 10.3. The molecule has 2 N–H and O–H groups in total. The quantitative estimate of drug-likeness (QED) is 0.615. The van der Waals surface area contributed by atoms with Crippen molar-refractivity contribution in [3.63, 3.8) is 0 Å². The third-order valence-corrected chi connectivity index (χ3v) is 3.27. The van der Waals surface area contributed by atoms with Crippen LogP contribution in [0.15, 0.2) is 17.0 Å². The van der Waals surface area contributed by atoms with E-state index in [9.17, 15) is 18.5 Å². The molecule has 0 bridgehead atoms. The number of hydrogen-bond donors (Lipinski definition) is 1. The first-order valence-electron chi connectivity index (χ1n) is 5.00. The first-order chi connectivity index (χ1) is 8.39. The van der Waals surface area contributed by atoms with E-state index in [0.717, 1.165) is 12.1 Å². The average molecular weight is 274 g/mol. The number of fused-ring (bicyclic) bond motifs is 1. The van der Waals surface area contributed by atoms with Crippen molar-refractivity contribution in [3.8, 4) is 11.5 Å². The number of ether oxygens (including phenoxy) is 2. The lowest BCUT2D eigenvalue weighted by molar-refractivity contribution is -0.387. The van der Waals surface area contributed by atoms with Crippen LogP contribution in [-0.2, 0) is 10.0 Å². The van der Waals surface area contributed by atoms with Crippen molar-refractivity contribution in [1.29, 1.82) is 0 Å². The standard InChI is InChI=1S/C9H10N2O6S/c10-18(14,15)9-5-8-7(4-6(9)11(12)13)16-2-1-3-17-8/h4-5H,1-3H2,(H2,10,14,15). The van der Waals surface area contributed by atoms with Crippen molar-refractivity contribution in [3.05, 3.63) is 22.2 Å². The van der Waals surface area contributed by atoms with Crippen LogP contribution >= 0.6 is 0 Å². The fourth-order valence-corrected chi connectivity index (χ4v) is 2.25. The summed E-state index contributed by atoms with van der Waals surface area (Å²) in [5.41, 5.74) is -0.623. The number of primary sulfonamides is 1. The van der Waals surface area contributed by atoms with E-state index >= 15 is 0 Å². The number of hydrogen-bond acceptors (Lipinski definition) is 6. The van der Waals surface area contributed by atoms with Gasteiger partial charge in [0.25, 0.3) is 5.69 Å². The van der Waals surface area contributed by atoms with E-state index in [1.807, 2.05) is 0 Å². The molecule has 0 spiro atoms. The Morgan fingerprint density at radius 3 is 2.28 bits per heavy atom. The van der Waals surface area contributed by atoms with Gasteiger partial charge < -0.3 is 9.47 Å². The second-order valence-corrected chi connectivity index (χ2v) is 5.15. The Bertz CT molecular complexity index is 597. The molecular formula is C9H10N2O6S. The zero-order valence-electron chi connectivity index (χ0n) is 9.16. The number of rotatable bonds is 2. The van der Waals surface area contributed by atoms with Gasteiger partial charge in [-0.3, -0.25) is 10.1 Å². The molecule has 1 aliphatic heterocycles. The summed E-state index contributed by atoms with van der Waals surface area (Å²) < 4.78 is 33.1. The number of nitro groups is 1. The number of sulfonamides is 1. The van der Waals surface area contributed by atoms with Gasteiger partial charge >= 0.3 is 0 Å². The minimum atomic E-state index is -4.20. The molecule has 1 aliphatic rings. The third-order valence-electron chi connectivity index (χ3n) is 2.33. The van der Waals surface area contributed by atoms with Crippen molar-refractivity contribution >= 4 is 15.7 Å². The van der Waals surface area contributed by atoms with Gasteiger partial charge in [-0.1, -0.05) is 0 Å². The fraction of sp³-hybridized carbons (Fsp3) is 0.333. The van der Waals surface area contributed by atoms with Gasteiger partial charge in [-0.25, -0.2) is 13.6 Å². The van der Waals surface area contributed by atoms with E-state index in [-0.39, 0.29) is 11.5 Å². The molecule has 0 fully saturated rings. The first-order valence-corrected chi connectivity index (χ1v) is 6.55. The summed E-state index contributed by atoms with van der Waals surface area (Å²) >= 11 is 0. The van der Waals surface area contributed by atoms with Crippen molar-refractivity contribution < 1.29 is 22.8 Å². The highest BCUT2D eigenvalue weighted by atomic mass is 32.2. The summed E-state index contributed by atoms with van der Waals surface area (Å²) in [4.78, 5) is 9.42. The summed E-state index contributed by atoms with van der Waals surface area (Å²) in [7, 11) is -4.20. The maximum absolute atomic E-state index is 11.3.